The quantitative estimate of drug-likeness (QED) is 0.519. The number of amides is 1. The van der Waals surface area contributed by atoms with Gasteiger partial charge in [0.25, 0.3) is 0 Å². The highest BCUT2D eigenvalue weighted by molar-refractivity contribution is 5.81. The molecule has 0 aliphatic heterocycles. The first kappa shape index (κ1) is 17.8. The Labute approximate surface area is 129 Å². The van der Waals surface area contributed by atoms with E-state index in [1.54, 1.807) is 7.05 Å². The molecule has 3 N–H and O–H groups in total. The summed E-state index contributed by atoms with van der Waals surface area (Å²) in [5.74, 6) is 1.45. The van der Waals surface area contributed by atoms with Gasteiger partial charge < -0.3 is 16.0 Å². The van der Waals surface area contributed by atoms with Gasteiger partial charge in [0.15, 0.2) is 5.96 Å². The van der Waals surface area contributed by atoms with E-state index in [1.807, 2.05) is 0 Å². The van der Waals surface area contributed by atoms with E-state index in [0.717, 1.165) is 18.8 Å². The van der Waals surface area contributed by atoms with E-state index in [9.17, 15) is 4.79 Å². The van der Waals surface area contributed by atoms with Crippen LogP contribution in [-0.4, -0.2) is 37.5 Å². The molecule has 1 unspecified atom stereocenters. The molecule has 122 valence electrons. The normalized spacial score (nSPS) is 18.4. The van der Waals surface area contributed by atoms with E-state index in [4.69, 9.17) is 0 Å². The summed E-state index contributed by atoms with van der Waals surface area (Å²) in [6, 6.07) is 0.747. The number of carbonyl (C=O) groups is 1. The topological polar surface area (TPSA) is 65.5 Å². The number of nitrogens with zero attached hydrogens (tertiary/aromatic N) is 1. The maximum absolute atomic E-state index is 11.9. The molecule has 1 aliphatic carbocycles. The minimum Gasteiger partial charge on any atom is -0.356 e. The Kier molecular flexibility index (Phi) is 8.16. The van der Waals surface area contributed by atoms with Crippen LogP contribution in [0, 0.1) is 5.92 Å². The van der Waals surface area contributed by atoms with Crippen LogP contribution < -0.4 is 16.0 Å². The minimum atomic E-state index is 0.141. The molecule has 0 aromatic heterocycles. The van der Waals surface area contributed by atoms with Gasteiger partial charge in [0, 0.05) is 32.1 Å². The molecule has 5 nitrogen and oxygen atoms in total. The number of hydrogen-bond acceptors (Lipinski definition) is 2. The van der Waals surface area contributed by atoms with Crippen molar-refractivity contribution in [3.05, 3.63) is 0 Å². The van der Waals surface area contributed by atoms with Gasteiger partial charge in [-0.25, -0.2) is 0 Å². The third-order valence-electron chi connectivity index (χ3n) is 4.20. The van der Waals surface area contributed by atoms with E-state index < -0.39 is 0 Å². The summed E-state index contributed by atoms with van der Waals surface area (Å²) in [5.41, 5.74) is 0. The average Bonchev–Trinajstić information content (AvgIpc) is 2.46. The van der Waals surface area contributed by atoms with Crippen molar-refractivity contribution in [1.82, 2.24) is 16.0 Å². The molecule has 5 heteroatoms. The van der Waals surface area contributed by atoms with Crippen LogP contribution in [0.2, 0.25) is 0 Å². The summed E-state index contributed by atoms with van der Waals surface area (Å²) in [7, 11) is 1.75. The molecule has 0 aromatic carbocycles. The van der Waals surface area contributed by atoms with Gasteiger partial charge in [0.05, 0.1) is 0 Å². The highest BCUT2D eigenvalue weighted by atomic mass is 16.1. The Hall–Kier alpha value is -1.26. The smallest absolute Gasteiger partial charge is 0.221 e. The van der Waals surface area contributed by atoms with Gasteiger partial charge >= 0.3 is 0 Å². The van der Waals surface area contributed by atoms with Gasteiger partial charge in [-0.3, -0.25) is 9.79 Å². The molecule has 0 saturated heterocycles. The van der Waals surface area contributed by atoms with Crippen molar-refractivity contribution >= 4 is 11.9 Å². The van der Waals surface area contributed by atoms with Crippen LogP contribution in [0.15, 0.2) is 4.99 Å². The van der Waals surface area contributed by atoms with Crippen LogP contribution in [0.4, 0.5) is 0 Å². The van der Waals surface area contributed by atoms with Gasteiger partial charge in [-0.2, -0.15) is 0 Å². The Bertz CT molecular complexity index is 335. The molecular formula is C16H32N4O. The summed E-state index contributed by atoms with van der Waals surface area (Å²) in [6.07, 6.45) is 6.56. The van der Waals surface area contributed by atoms with Crippen molar-refractivity contribution in [2.24, 2.45) is 10.9 Å². The number of carbonyl (C=O) groups excluding carboxylic acids is 1. The minimum absolute atomic E-state index is 0.141. The monoisotopic (exact) mass is 296 g/mol. The molecule has 0 heterocycles. The molecule has 0 spiro atoms. The zero-order chi connectivity index (χ0) is 15.7. The lowest BCUT2D eigenvalue weighted by Crippen LogP contribution is -2.45. The second-order valence-corrected chi connectivity index (χ2v) is 6.33. The number of guanidine groups is 1. The van der Waals surface area contributed by atoms with Crippen LogP contribution in [0.1, 0.15) is 59.3 Å². The first-order valence-electron chi connectivity index (χ1n) is 8.29. The average molecular weight is 296 g/mol. The van der Waals surface area contributed by atoms with Crippen molar-refractivity contribution in [2.75, 3.05) is 13.6 Å². The SMILES string of the molecule is CN=C(NCCC(=O)NC1CCCCC1)NC(C)C(C)C. The zero-order valence-corrected chi connectivity index (χ0v) is 14.0. The van der Waals surface area contributed by atoms with Crippen molar-refractivity contribution in [2.45, 2.75) is 71.4 Å². The third kappa shape index (κ3) is 7.34. The fourth-order valence-corrected chi connectivity index (χ4v) is 2.42. The molecule has 0 bridgehead atoms. The standard InChI is InChI=1S/C16H32N4O/c1-12(2)13(3)19-16(17-4)18-11-10-15(21)20-14-8-6-5-7-9-14/h12-14H,5-11H2,1-4H3,(H,20,21)(H2,17,18,19). The molecular weight excluding hydrogens is 264 g/mol. The number of aliphatic imine (C=N–C) groups is 1. The van der Waals surface area contributed by atoms with Gasteiger partial charge in [-0.1, -0.05) is 33.1 Å². The molecule has 21 heavy (non-hydrogen) atoms. The molecule has 1 aliphatic rings. The van der Waals surface area contributed by atoms with Gasteiger partial charge in [0.2, 0.25) is 5.91 Å². The second kappa shape index (κ2) is 9.64. The van der Waals surface area contributed by atoms with E-state index in [0.29, 0.717) is 31.0 Å². The Morgan fingerprint density at radius 3 is 2.43 bits per heavy atom. The van der Waals surface area contributed by atoms with Crippen molar-refractivity contribution in [1.29, 1.82) is 0 Å². The van der Waals surface area contributed by atoms with Gasteiger partial charge in [-0.05, 0) is 25.7 Å². The predicted octanol–water partition coefficient (Wildman–Crippen LogP) is 2.03. The van der Waals surface area contributed by atoms with E-state index in [2.05, 4.69) is 41.7 Å². The highest BCUT2D eigenvalue weighted by Crippen LogP contribution is 2.17. The number of rotatable bonds is 6. The van der Waals surface area contributed by atoms with Gasteiger partial charge in [-0.15, -0.1) is 0 Å². The fourth-order valence-electron chi connectivity index (χ4n) is 2.42. The van der Waals surface area contributed by atoms with Crippen LogP contribution in [-0.2, 0) is 4.79 Å². The summed E-state index contributed by atoms with van der Waals surface area (Å²) < 4.78 is 0. The van der Waals surface area contributed by atoms with Crippen LogP contribution in [0.25, 0.3) is 0 Å². The molecule has 0 radical (unpaired) electrons. The lowest BCUT2D eigenvalue weighted by Gasteiger charge is -2.23. The maximum Gasteiger partial charge on any atom is 0.221 e. The van der Waals surface area contributed by atoms with Crippen LogP contribution in [0.3, 0.4) is 0 Å². The summed E-state index contributed by atoms with van der Waals surface area (Å²) in [5, 5.41) is 9.66. The number of hydrogen-bond donors (Lipinski definition) is 3. The predicted molar refractivity (Wildman–Crippen MR) is 88.4 cm³/mol. The third-order valence-corrected chi connectivity index (χ3v) is 4.20. The maximum atomic E-state index is 11.9. The largest absolute Gasteiger partial charge is 0.356 e. The summed E-state index contributed by atoms with van der Waals surface area (Å²) >= 11 is 0. The molecule has 1 rings (SSSR count). The zero-order valence-electron chi connectivity index (χ0n) is 14.0. The van der Waals surface area contributed by atoms with E-state index in [1.165, 1.54) is 19.3 Å². The Balaban J connectivity index is 2.20. The van der Waals surface area contributed by atoms with Crippen LogP contribution >= 0.6 is 0 Å². The summed E-state index contributed by atoms with van der Waals surface area (Å²) in [4.78, 5) is 16.1. The first-order valence-corrected chi connectivity index (χ1v) is 8.29. The van der Waals surface area contributed by atoms with Gasteiger partial charge in [0.1, 0.15) is 0 Å². The molecule has 0 aromatic rings. The second-order valence-electron chi connectivity index (χ2n) is 6.33. The fraction of sp³-hybridized carbons (Fsp3) is 0.875. The number of nitrogens with one attached hydrogen (secondary N) is 3. The lowest BCUT2D eigenvalue weighted by molar-refractivity contribution is -0.121. The first-order chi connectivity index (χ1) is 10.0. The van der Waals surface area contributed by atoms with E-state index in [-0.39, 0.29) is 5.91 Å². The Morgan fingerprint density at radius 1 is 1.19 bits per heavy atom. The molecule has 1 amide bonds. The Morgan fingerprint density at radius 2 is 1.86 bits per heavy atom. The molecule has 1 saturated carbocycles. The lowest BCUT2D eigenvalue weighted by atomic mass is 9.95. The molecule has 1 fully saturated rings. The van der Waals surface area contributed by atoms with E-state index >= 15 is 0 Å². The highest BCUT2D eigenvalue weighted by Gasteiger charge is 2.15. The van der Waals surface area contributed by atoms with Crippen molar-refractivity contribution < 1.29 is 4.79 Å². The molecule has 1 atom stereocenters. The van der Waals surface area contributed by atoms with Crippen molar-refractivity contribution in [3.8, 4) is 0 Å². The van der Waals surface area contributed by atoms with Crippen LogP contribution in [0.5, 0.6) is 0 Å². The summed E-state index contributed by atoms with van der Waals surface area (Å²) in [6.45, 7) is 7.08. The van der Waals surface area contributed by atoms with Crippen molar-refractivity contribution in [3.63, 3.8) is 0 Å².